The number of nitro groups is 1. The molecule has 0 bridgehead atoms. The van der Waals surface area contributed by atoms with Crippen molar-refractivity contribution in [3.63, 3.8) is 0 Å². The van der Waals surface area contributed by atoms with E-state index in [0.717, 1.165) is 0 Å². The quantitative estimate of drug-likeness (QED) is 0.224. The van der Waals surface area contributed by atoms with Crippen LogP contribution in [0.1, 0.15) is 20.7 Å². The van der Waals surface area contributed by atoms with Crippen molar-refractivity contribution in [2.24, 2.45) is 0 Å². The average molecular weight is 373 g/mol. The molecule has 28 heavy (non-hydrogen) atoms. The van der Waals surface area contributed by atoms with Gasteiger partial charge >= 0.3 is 11.9 Å². The lowest BCUT2D eigenvalue weighted by atomic mass is 9.95. The lowest BCUT2D eigenvalue weighted by Crippen LogP contribution is -2.11. The van der Waals surface area contributed by atoms with Gasteiger partial charge in [-0.05, 0) is 48.5 Å². The maximum Gasteiger partial charge on any atom is 0.343 e. The summed E-state index contributed by atoms with van der Waals surface area (Å²) in [6.07, 6.45) is 0. The summed E-state index contributed by atoms with van der Waals surface area (Å²) in [7, 11) is 5.57. The monoisotopic (exact) mass is 373 g/mol. The van der Waals surface area contributed by atoms with Crippen molar-refractivity contribution >= 4 is 30.9 Å². The molecule has 0 unspecified atom stereocenters. The zero-order valence-electron chi connectivity index (χ0n) is 14.4. The van der Waals surface area contributed by atoms with Gasteiger partial charge in [-0.1, -0.05) is 17.6 Å². The second-order valence-electron chi connectivity index (χ2n) is 5.68. The van der Waals surface area contributed by atoms with Gasteiger partial charge < -0.3 is 9.47 Å². The molecular formula is C20H12BNO6. The van der Waals surface area contributed by atoms with Crippen LogP contribution in [0, 0.1) is 10.1 Å². The van der Waals surface area contributed by atoms with Crippen molar-refractivity contribution in [1.82, 2.24) is 0 Å². The van der Waals surface area contributed by atoms with E-state index in [9.17, 15) is 19.7 Å². The molecule has 0 atom stereocenters. The molecule has 3 rings (SSSR count). The van der Waals surface area contributed by atoms with Crippen molar-refractivity contribution in [2.45, 2.75) is 0 Å². The number of hydrogen-bond donors (Lipinski definition) is 0. The highest BCUT2D eigenvalue weighted by atomic mass is 16.6. The number of benzene rings is 3. The van der Waals surface area contributed by atoms with E-state index < -0.39 is 16.9 Å². The van der Waals surface area contributed by atoms with Gasteiger partial charge in [-0.25, -0.2) is 9.59 Å². The Bertz CT molecular complexity index is 1010. The molecule has 0 saturated heterocycles. The first-order chi connectivity index (χ1) is 13.4. The Morgan fingerprint density at radius 1 is 0.714 bits per heavy atom. The lowest BCUT2D eigenvalue weighted by Gasteiger charge is -2.07. The van der Waals surface area contributed by atoms with E-state index in [1.807, 2.05) is 0 Å². The van der Waals surface area contributed by atoms with Crippen LogP contribution in [0.15, 0.2) is 72.8 Å². The summed E-state index contributed by atoms with van der Waals surface area (Å²) >= 11 is 0. The normalized spacial score (nSPS) is 10.1. The molecule has 0 fully saturated rings. The number of rotatable bonds is 5. The zero-order valence-corrected chi connectivity index (χ0v) is 14.4. The summed E-state index contributed by atoms with van der Waals surface area (Å²) in [5.41, 5.74) is 1.00. The summed E-state index contributed by atoms with van der Waals surface area (Å²) in [5, 5.41) is 10.6. The molecule has 2 radical (unpaired) electrons. The Hall–Kier alpha value is -3.94. The van der Waals surface area contributed by atoms with Gasteiger partial charge in [0.05, 0.1) is 16.1 Å². The predicted molar refractivity (Wildman–Crippen MR) is 101 cm³/mol. The van der Waals surface area contributed by atoms with Gasteiger partial charge in [-0.2, -0.15) is 0 Å². The molecule has 0 aromatic heterocycles. The molecule has 7 nitrogen and oxygen atoms in total. The fraction of sp³-hybridized carbons (Fsp3) is 0. The molecule has 0 heterocycles. The molecule has 0 saturated carbocycles. The first kappa shape index (κ1) is 18.8. The Kier molecular flexibility index (Phi) is 5.50. The lowest BCUT2D eigenvalue weighted by molar-refractivity contribution is -0.384. The van der Waals surface area contributed by atoms with Gasteiger partial charge in [0, 0.05) is 12.1 Å². The third kappa shape index (κ3) is 4.61. The number of esters is 2. The van der Waals surface area contributed by atoms with Crippen LogP contribution >= 0.6 is 0 Å². The molecule has 0 N–H and O–H groups in total. The molecule has 3 aromatic rings. The predicted octanol–water partition coefficient (Wildman–Crippen LogP) is 2.83. The van der Waals surface area contributed by atoms with Crippen molar-refractivity contribution in [3.05, 3.63) is 94.0 Å². The molecule has 0 spiro atoms. The number of nitro benzene ring substituents is 1. The van der Waals surface area contributed by atoms with Gasteiger partial charge in [0.15, 0.2) is 0 Å². The molecule has 0 aliphatic carbocycles. The Balaban J connectivity index is 1.63. The molecular weight excluding hydrogens is 361 g/mol. The Morgan fingerprint density at radius 3 is 1.54 bits per heavy atom. The minimum absolute atomic E-state index is 0.105. The van der Waals surface area contributed by atoms with Crippen LogP contribution in [0.2, 0.25) is 0 Å². The highest BCUT2D eigenvalue weighted by Gasteiger charge is 2.12. The summed E-state index contributed by atoms with van der Waals surface area (Å²) in [4.78, 5) is 34.3. The largest absolute Gasteiger partial charge is 0.423 e. The number of carbonyl (C=O) groups is 2. The molecule has 0 aliphatic heterocycles. The van der Waals surface area contributed by atoms with Crippen LogP contribution in [0.4, 0.5) is 5.69 Å². The number of carbonyl (C=O) groups excluding carboxylic acids is 2. The SMILES string of the molecule is [B]c1ccc(C(=O)Oc2ccc(C(=O)Oc3ccc([N+](=O)[O-])cc3)cc2)cc1. The van der Waals surface area contributed by atoms with Crippen LogP contribution in [-0.4, -0.2) is 24.7 Å². The van der Waals surface area contributed by atoms with E-state index in [1.54, 1.807) is 24.3 Å². The molecule has 136 valence electrons. The van der Waals surface area contributed by atoms with E-state index in [1.165, 1.54) is 48.5 Å². The highest BCUT2D eigenvalue weighted by Crippen LogP contribution is 2.20. The Labute approximate surface area is 161 Å². The number of hydrogen-bond acceptors (Lipinski definition) is 6. The van der Waals surface area contributed by atoms with Crippen LogP contribution in [0.3, 0.4) is 0 Å². The summed E-state index contributed by atoms with van der Waals surface area (Å²) in [6, 6.07) is 17.2. The van der Waals surface area contributed by atoms with Crippen molar-refractivity contribution in [1.29, 1.82) is 0 Å². The van der Waals surface area contributed by atoms with Crippen LogP contribution < -0.4 is 14.9 Å². The summed E-state index contributed by atoms with van der Waals surface area (Å²) in [5.74, 6) is -0.769. The minimum Gasteiger partial charge on any atom is -0.423 e. The maximum atomic E-state index is 12.1. The first-order valence-electron chi connectivity index (χ1n) is 8.07. The first-order valence-corrected chi connectivity index (χ1v) is 8.07. The minimum atomic E-state index is -0.648. The smallest absolute Gasteiger partial charge is 0.343 e. The molecule has 8 heteroatoms. The van der Waals surface area contributed by atoms with E-state index >= 15 is 0 Å². The average Bonchev–Trinajstić information content (AvgIpc) is 2.69. The second-order valence-corrected chi connectivity index (χ2v) is 5.68. The Morgan fingerprint density at radius 2 is 1.11 bits per heavy atom. The fourth-order valence-corrected chi connectivity index (χ4v) is 2.25. The van der Waals surface area contributed by atoms with Gasteiger partial charge in [-0.3, -0.25) is 10.1 Å². The molecule has 0 aliphatic rings. The number of non-ortho nitro benzene ring substituents is 1. The summed E-state index contributed by atoms with van der Waals surface area (Å²) < 4.78 is 10.4. The van der Waals surface area contributed by atoms with Gasteiger partial charge in [0.2, 0.25) is 0 Å². The second kappa shape index (κ2) is 8.17. The summed E-state index contributed by atoms with van der Waals surface area (Å²) in [6.45, 7) is 0. The van der Waals surface area contributed by atoms with Crippen molar-refractivity contribution < 1.29 is 24.0 Å². The van der Waals surface area contributed by atoms with Gasteiger partial charge in [0.25, 0.3) is 5.69 Å². The molecule has 0 amide bonds. The van der Waals surface area contributed by atoms with E-state index in [0.29, 0.717) is 11.0 Å². The third-order valence-electron chi connectivity index (χ3n) is 3.71. The van der Waals surface area contributed by atoms with E-state index in [-0.39, 0.29) is 22.7 Å². The van der Waals surface area contributed by atoms with Crippen LogP contribution in [0.25, 0.3) is 0 Å². The molecule has 3 aromatic carbocycles. The van der Waals surface area contributed by atoms with E-state index in [4.69, 9.17) is 17.3 Å². The maximum absolute atomic E-state index is 12.1. The number of nitrogens with zero attached hydrogens (tertiary/aromatic N) is 1. The fourth-order valence-electron chi connectivity index (χ4n) is 2.25. The van der Waals surface area contributed by atoms with Gasteiger partial charge in [-0.15, -0.1) is 0 Å². The highest BCUT2D eigenvalue weighted by molar-refractivity contribution is 6.32. The van der Waals surface area contributed by atoms with Gasteiger partial charge in [0.1, 0.15) is 19.3 Å². The van der Waals surface area contributed by atoms with Crippen LogP contribution in [0.5, 0.6) is 11.5 Å². The van der Waals surface area contributed by atoms with E-state index in [2.05, 4.69) is 0 Å². The third-order valence-corrected chi connectivity index (χ3v) is 3.71. The van der Waals surface area contributed by atoms with Crippen molar-refractivity contribution in [3.8, 4) is 11.5 Å². The number of ether oxygens (including phenoxy) is 2. The van der Waals surface area contributed by atoms with Crippen LogP contribution in [-0.2, 0) is 0 Å². The topological polar surface area (TPSA) is 95.7 Å². The van der Waals surface area contributed by atoms with Crippen molar-refractivity contribution in [2.75, 3.05) is 0 Å². The standard InChI is InChI=1S/C20H12BNO6/c21-15-5-1-13(2-6-15)19(23)27-17-9-3-14(4-10-17)20(24)28-18-11-7-16(8-12-18)22(25)26/h1-12H. The zero-order chi connectivity index (χ0) is 20.1.